The van der Waals surface area contributed by atoms with Gasteiger partial charge in [-0.15, -0.1) is 11.3 Å². The first kappa shape index (κ1) is 14.3. The van der Waals surface area contributed by atoms with Gasteiger partial charge in [0, 0.05) is 10.9 Å². The van der Waals surface area contributed by atoms with Gasteiger partial charge in [-0.3, -0.25) is 4.79 Å². The van der Waals surface area contributed by atoms with Crippen LogP contribution in [0.5, 0.6) is 0 Å². The number of carboxylic acids is 1. The summed E-state index contributed by atoms with van der Waals surface area (Å²) >= 11 is 1.13. The monoisotopic (exact) mass is 294 g/mol. The Morgan fingerprint density at radius 2 is 2.20 bits per heavy atom. The van der Waals surface area contributed by atoms with Crippen molar-refractivity contribution in [3.05, 3.63) is 39.4 Å². The molecule has 2 aromatic heterocycles. The molecule has 0 atom stereocenters. The maximum absolute atomic E-state index is 11.8. The Morgan fingerprint density at radius 1 is 1.45 bits per heavy atom. The third-order valence-electron chi connectivity index (χ3n) is 2.64. The van der Waals surface area contributed by atoms with E-state index in [4.69, 9.17) is 9.63 Å². The molecule has 2 N–H and O–H groups in total. The zero-order valence-corrected chi connectivity index (χ0v) is 11.9. The molecule has 0 aliphatic carbocycles. The predicted molar refractivity (Wildman–Crippen MR) is 73.0 cm³/mol. The Labute approximate surface area is 119 Å². The van der Waals surface area contributed by atoms with Crippen LogP contribution in [0.15, 0.2) is 22.7 Å². The summed E-state index contributed by atoms with van der Waals surface area (Å²) < 4.78 is 4.97. The van der Waals surface area contributed by atoms with E-state index in [-0.39, 0.29) is 29.0 Å². The smallest absolute Gasteiger partial charge is 0.345 e. The molecule has 2 heterocycles. The number of hydrogen-bond acceptors (Lipinski definition) is 5. The largest absolute Gasteiger partial charge is 0.477 e. The lowest BCUT2D eigenvalue weighted by Crippen LogP contribution is -2.21. The zero-order chi connectivity index (χ0) is 14.7. The number of aromatic carboxylic acids is 1. The lowest BCUT2D eigenvalue weighted by molar-refractivity contribution is 0.0702. The second-order valence-corrected chi connectivity index (χ2v) is 5.69. The molecule has 2 aromatic rings. The summed E-state index contributed by atoms with van der Waals surface area (Å²) in [5.41, 5.74) is 0.722. The van der Waals surface area contributed by atoms with Crippen molar-refractivity contribution in [1.82, 2.24) is 10.5 Å². The Morgan fingerprint density at radius 3 is 2.75 bits per heavy atom. The number of nitrogens with zero attached hydrogens (tertiary/aromatic N) is 1. The molecule has 7 heteroatoms. The first-order valence-corrected chi connectivity index (χ1v) is 6.86. The van der Waals surface area contributed by atoms with Crippen LogP contribution in [0.4, 0.5) is 0 Å². The van der Waals surface area contributed by atoms with E-state index in [2.05, 4.69) is 10.5 Å². The number of rotatable bonds is 5. The van der Waals surface area contributed by atoms with Crippen molar-refractivity contribution in [1.29, 1.82) is 0 Å². The molecule has 0 spiro atoms. The van der Waals surface area contributed by atoms with Crippen molar-refractivity contribution in [2.24, 2.45) is 0 Å². The van der Waals surface area contributed by atoms with E-state index in [1.807, 2.05) is 13.8 Å². The van der Waals surface area contributed by atoms with E-state index in [0.717, 1.165) is 21.9 Å². The summed E-state index contributed by atoms with van der Waals surface area (Å²) in [6, 6.07) is 4.80. The van der Waals surface area contributed by atoms with E-state index in [1.54, 1.807) is 12.1 Å². The SMILES string of the molecule is CC(C)c1cc(C(=O)NCc2ccc(C(=O)O)s2)on1. The first-order chi connectivity index (χ1) is 9.47. The van der Waals surface area contributed by atoms with E-state index >= 15 is 0 Å². The van der Waals surface area contributed by atoms with Gasteiger partial charge in [-0.1, -0.05) is 19.0 Å². The number of thiophene rings is 1. The van der Waals surface area contributed by atoms with Gasteiger partial charge in [0.05, 0.1) is 12.2 Å². The molecule has 0 aliphatic rings. The fourth-order valence-electron chi connectivity index (χ4n) is 1.51. The number of carboxylic acid groups (broad SMARTS) is 1. The van der Waals surface area contributed by atoms with Crippen molar-refractivity contribution in [3.63, 3.8) is 0 Å². The van der Waals surface area contributed by atoms with Crippen molar-refractivity contribution in [3.8, 4) is 0 Å². The lowest BCUT2D eigenvalue weighted by atomic mass is 10.1. The number of hydrogen-bond donors (Lipinski definition) is 2. The average Bonchev–Trinajstić information content (AvgIpc) is 3.05. The highest BCUT2D eigenvalue weighted by Gasteiger charge is 2.15. The zero-order valence-electron chi connectivity index (χ0n) is 11.0. The number of aromatic nitrogens is 1. The third kappa shape index (κ3) is 3.24. The van der Waals surface area contributed by atoms with Crippen LogP contribution in [-0.4, -0.2) is 22.1 Å². The summed E-state index contributed by atoms with van der Waals surface area (Å²) in [4.78, 5) is 23.6. The number of amides is 1. The molecular formula is C13H14N2O4S. The molecule has 0 aromatic carbocycles. The summed E-state index contributed by atoms with van der Waals surface area (Å²) in [6.07, 6.45) is 0. The molecule has 0 bridgehead atoms. The minimum atomic E-state index is -0.968. The highest BCUT2D eigenvalue weighted by Crippen LogP contribution is 2.17. The van der Waals surface area contributed by atoms with Gasteiger partial charge in [-0.05, 0) is 18.1 Å². The molecule has 0 saturated carbocycles. The van der Waals surface area contributed by atoms with Crippen LogP contribution in [0.2, 0.25) is 0 Å². The predicted octanol–water partition coefficient (Wildman–Crippen LogP) is 2.49. The summed E-state index contributed by atoms with van der Waals surface area (Å²) in [5, 5.41) is 15.3. The maximum Gasteiger partial charge on any atom is 0.345 e. The van der Waals surface area contributed by atoms with Crippen LogP contribution in [0.3, 0.4) is 0 Å². The summed E-state index contributed by atoms with van der Waals surface area (Å²) in [6.45, 7) is 4.17. The quantitative estimate of drug-likeness (QED) is 0.883. The van der Waals surface area contributed by atoms with E-state index < -0.39 is 5.97 Å². The van der Waals surface area contributed by atoms with Gasteiger partial charge in [0.15, 0.2) is 0 Å². The Bertz CT molecular complexity index is 630. The number of carbonyl (C=O) groups excluding carboxylic acids is 1. The molecule has 0 fully saturated rings. The molecule has 2 rings (SSSR count). The van der Waals surface area contributed by atoms with Crippen molar-refractivity contribution < 1.29 is 19.2 Å². The first-order valence-electron chi connectivity index (χ1n) is 6.04. The molecule has 1 amide bonds. The van der Waals surface area contributed by atoms with Gasteiger partial charge in [0.1, 0.15) is 4.88 Å². The minimum absolute atomic E-state index is 0.156. The molecular weight excluding hydrogens is 280 g/mol. The normalized spacial score (nSPS) is 10.8. The lowest BCUT2D eigenvalue weighted by Gasteiger charge is -1.99. The summed E-state index contributed by atoms with van der Waals surface area (Å²) in [5.74, 6) is -0.988. The molecule has 20 heavy (non-hydrogen) atoms. The van der Waals surface area contributed by atoms with Gasteiger partial charge in [0.25, 0.3) is 5.91 Å². The van der Waals surface area contributed by atoms with Crippen LogP contribution in [0, 0.1) is 0 Å². The molecule has 106 valence electrons. The Balaban J connectivity index is 1.95. The standard InChI is InChI=1S/C13H14N2O4S/c1-7(2)9-5-10(19-15-9)12(16)14-6-8-3-4-11(20-8)13(17)18/h3-5,7H,6H2,1-2H3,(H,14,16)(H,17,18). The van der Waals surface area contributed by atoms with Gasteiger partial charge in [-0.25, -0.2) is 4.79 Å². The van der Waals surface area contributed by atoms with Gasteiger partial charge >= 0.3 is 5.97 Å². The fraction of sp³-hybridized carbons (Fsp3) is 0.308. The van der Waals surface area contributed by atoms with Gasteiger partial charge in [0.2, 0.25) is 5.76 Å². The van der Waals surface area contributed by atoms with Crippen molar-refractivity contribution in [2.45, 2.75) is 26.3 Å². The van der Waals surface area contributed by atoms with E-state index in [1.165, 1.54) is 6.07 Å². The van der Waals surface area contributed by atoms with Crippen LogP contribution in [0.1, 0.15) is 50.6 Å². The molecule has 6 nitrogen and oxygen atoms in total. The highest BCUT2D eigenvalue weighted by atomic mass is 32.1. The van der Waals surface area contributed by atoms with Gasteiger partial charge in [-0.2, -0.15) is 0 Å². The van der Waals surface area contributed by atoms with E-state index in [0.29, 0.717) is 0 Å². The number of nitrogens with one attached hydrogen (secondary N) is 1. The molecule has 0 unspecified atom stereocenters. The summed E-state index contributed by atoms with van der Waals surface area (Å²) in [7, 11) is 0. The van der Waals surface area contributed by atoms with Crippen LogP contribution in [-0.2, 0) is 6.54 Å². The minimum Gasteiger partial charge on any atom is -0.477 e. The Kier molecular flexibility index (Phi) is 4.19. The highest BCUT2D eigenvalue weighted by molar-refractivity contribution is 7.13. The third-order valence-corrected chi connectivity index (χ3v) is 3.71. The average molecular weight is 294 g/mol. The van der Waals surface area contributed by atoms with Gasteiger partial charge < -0.3 is 14.9 Å². The van der Waals surface area contributed by atoms with Crippen molar-refractivity contribution in [2.75, 3.05) is 0 Å². The molecule has 0 radical (unpaired) electrons. The second kappa shape index (κ2) is 5.87. The van der Waals surface area contributed by atoms with Crippen LogP contribution in [0.25, 0.3) is 0 Å². The number of carbonyl (C=O) groups is 2. The fourth-order valence-corrected chi connectivity index (χ4v) is 2.30. The maximum atomic E-state index is 11.8. The van der Waals surface area contributed by atoms with Crippen LogP contribution >= 0.6 is 11.3 Å². The molecule has 0 aliphatic heterocycles. The van der Waals surface area contributed by atoms with Crippen LogP contribution < -0.4 is 5.32 Å². The van der Waals surface area contributed by atoms with Crippen molar-refractivity contribution >= 4 is 23.2 Å². The second-order valence-electron chi connectivity index (χ2n) is 4.52. The van der Waals surface area contributed by atoms with E-state index in [9.17, 15) is 9.59 Å². The molecule has 0 saturated heterocycles. The Hall–Kier alpha value is -2.15. The topological polar surface area (TPSA) is 92.4 Å².